The molecule has 0 aliphatic rings. The van der Waals surface area contributed by atoms with Gasteiger partial charge in [0.15, 0.2) is 11.6 Å². The summed E-state index contributed by atoms with van der Waals surface area (Å²) in [6.07, 6.45) is 0.615. The molecule has 0 amide bonds. The van der Waals surface area contributed by atoms with Gasteiger partial charge < -0.3 is 20.3 Å². The third kappa shape index (κ3) is 3.88. The fraction of sp³-hybridized carbons (Fsp3) is 0.455. The molecule has 0 radical (unpaired) electrons. The van der Waals surface area contributed by atoms with Crippen LogP contribution in [0, 0.1) is 6.92 Å². The zero-order valence-corrected chi connectivity index (χ0v) is 10.9. The van der Waals surface area contributed by atoms with Crippen molar-refractivity contribution in [1.82, 2.24) is 20.1 Å². The van der Waals surface area contributed by atoms with E-state index in [0.29, 0.717) is 48.7 Å². The summed E-state index contributed by atoms with van der Waals surface area (Å²) in [6, 6.07) is 1.66. The number of aryl methyl sites for hydroxylation is 1. The molecule has 0 aromatic carbocycles. The summed E-state index contributed by atoms with van der Waals surface area (Å²) in [4.78, 5) is 12.4. The van der Waals surface area contributed by atoms with E-state index < -0.39 is 0 Å². The molecule has 0 aliphatic heterocycles. The van der Waals surface area contributed by atoms with E-state index in [4.69, 9.17) is 15.0 Å². The predicted octanol–water partition coefficient (Wildman–Crippen LogP) is 0.551. The molecule has 3 N–H and O–H groups in total. The van der Waals surface area contributed by atoms with Crippen molar-refractivity contribution in [2.45, 2.75) is 20.0 Å². The summed E-state index contributed by atoms with van der Waals surface area (Å²) in [5.74, 6) is 2.81. The lowest BCUT2D eigenvalue weighted by molar-refractivity contribution is 0.178. The molecular weight excluding hydrogens is 248 g/mol. The van der Waals surface area contributed by atoms with Crippen LogP contribution in [-0.2, 0) is 17.8 Å². The van der Waals surface area contributed by atoms with Gasteiger partial charge in [0.1, 0.15) is 18.2 Å². The first kappa shape index (κ1) is 13.2. The van der Waals surface area contributed by atoms with Gasteiger partial charge in [-0.2, -0.15) is 4.98 Å². The second kappa shape index (κ2) is 6.10. The summed E-state index contributed by atoms with van der Waals surface area (Å²) in [6.45, 7) is 2.72. The maximum Gasteiger partial charge on any atom is 0.228 e. The minimum absolute atomic E-state index is 0.322. The van der Waals surface area contributed by atoms with Crippen molar-refractivity contribution >= 4 is 11.6 Å². The van der Waals surface area contributed by atoms with Gasteiger partial charge in [-0.25, -0.2) is 9.97 Å². The average molecular weight is 264 g/mol. The summed E-state index contributed by atoms with van der Waals surface area (Å²) < 4.78 is 9.98. The number of nitrogens with two attached hydrogens (primary N) is 1. The van der Waals surface area contributed by atoms with Crippen LogP contribution >= 0.6 is 0 Å². The van der Waals surface area contributed by atoms with Gasteiger partial charge in [0.25, 0.3) is 0 Å². The molecule has 2 aromatic heterocycles. The van der Waals surface area contributed by atoms with Gasteiger partial charge in [-0.3, -0.25) is 0 Å². The fourth-order valence-electron chi connectivity index (χ4n) is 1.54. The normalized spacial score (nSPS) is 10.6. The highest BCUT2D eigenvalue weighted by molar-refractivity contribution is 5.44. The zero-order chi connectivity index (χ0) is 13.7. The van der Waals surface area contributed by atoms with E-state index in [1.165, 1.54) is 0 Å². The molecule has 19 heavy (non-hydrogen) atoms. The Kier molecular flexibility index (Phi) is 4.24. The minimum Gasteiger partial charge on any atom is -0.384 e. The Morgan fingerprint density at radius 1 is 1.37 bits per heavy atom. The maximum atomic E-state index is 5.69. The van der Waals surface area contributed by atoms with Crippen molar-refractivity contribution in [3.05, 3.63) is 23.6 Å². The van der Waals surface area contributed by atoms with Crippen molar-refractivity contribution < 1.29 is 9.26 Å². The van der Waals surface area contributed by atoms with Crippen LogP contribution < -0.4 is 11.1 Å². The van der Waals surface area contributed by atoms with E-state index >= 15 is 0 Å². The van der Waals surface area contributed by atoms with Crippen molar-refractivity contribution in [2.75, 3.05) is 24.7 Å². The molecule has 0 unspecified atom stereocenters. The predicted molar refractivity (Wildman–Crippen MR) is 68.4 cm³/mol. The van der Waals surface area contributed by atoms with Crippen LogP contribution in [-0.4, -0.2) is 33.8 Å². The Morgan fingerprint density at radius 3 is 2.89 bits per heavy atom. The van der Waals surface area contributed by atoms with Crippen molar-refractivity contribution in [2.24, 2.45) is 0 Å². The third-order valence-corrected chi connectivity index (χ3v) is 2.28. The molecule has 0 saturated carbocycles. The summed E-state index contributed by atoms with van der Waals surface area (Å²) in [7, 11) is 1.58. The standard InChI is InChI=1S/C11H16N6O2/c1-7-14-11(19-17-7)3-4-13-9-5-8(12)15-10(16-9)6-18-2/h5H,3-4,6H2,1-2H3,(H3,12,13,15,16). The monoisotopic (exact) mass is 264 g/mol. The van der Waals surface area contributed by atoms with Crippen LogP contribution in [0.25, 0.3) is 0 Å². The molecule has 0 atom stereocenters. The third-order valence-electron chi connectivity index (χ3n) is 2.28. The molecule has 2 aromatic rings. The van der Waals surface area contributed by atoms with Gasteiger partial charge in [0, 0.05) is 26.1 Å². The van der Waals surface area contributed by atoms with Gasteiger partial charge in [-0.05, 0) is 6.92 Å². The van der Waals surface area contributed by atoms with Gasteiger partial charge in [0.05, 0.1) is 0 Å². The molecule has 0 spiro atoms. The number of ether oxygens (including phenoxy) is 1. The van der Waals surface area contributed by atoms with Crippen LogP contribution in [0.4, 0.5) is 11.6 Å². The van der Waals surface area contributed by atoms with E-state index in [1.54, 1.807) is 20.1 Å². The lowest BCUT2D eigenvalue weighted by Crippen LogP contribution is -2.10. The van der Waals surface area contributed by atoms with Crippen LogP contribution in [0.3, 0.4) is 0 Å². The molecule has 0 saturated heterocycles. The Balaban J connectivity index is 1.91. The van der Waals surface area contributed by atoms with Gasteiger partial charge in [0.2, 0.25) is 5.89 Å². The first-order chi connectivity index (χ1) is 9.17. The Labute approximate surface area is 110 Å². The maximum absolute atomic E-state index is 5.69. The summed E-state index contributed by atoms with van der Waals surface area (Å²) in [5.41, 5.74) is 5.69. The van der Waals surface area contributed by atoms with Gasteiger partial charge in [-0.1, -0.05) is 5.16 Å². The second-order valence-electron chi connectivity index (χ2n) is 3.94. The van der Waals surface area contributed by atoms with E-state index in [0.717, 1.165) is 0 Å². The Bertz CT molecular complexity index is 542. The van der Waals surface area contributed by atoms with E-state index in [-0.39, 0.29) is 0 Å². The molecule has 8 nitrogen and oxygen atoms in total. The topological polar surface area (TPSA) is 112 Å². The smallest absolute Gasteiger partial charge is 0.228 e. The molecule has 2 rings (SSSR count). The number of nitrogens with zero attached hydrogens (tertiary/aromatic N) is 4. The first-order valence-electron chi connectivity index (χ1n) is 5.83. The second-order valence-corrected chi connectivity index (χ2v) is 3.94. The van der Waals surface area contributed by atoms with E-state index in [2.05, 4.69) is 25.4 Å². The number of rotatable bonds is 6. The molecule has 2 heterocycles. The largest absolute Gasteiger partial charge is 0.384 e. The number of hydrogen-bond donors (Lipinski definition) is 2. The van der Waals surface area contributed by atoms with Crippen LogP contribution in [0.5, 0.6) is 0 Å². The minimum atomic E-state index is 0.322. The first-order valence-corrected chi connectivity index (χ1v) is 5.83. The molecule has 0 aliphatic carbocycles. The van der Waals surface area contributed by atoms with Crippen LogP contribution in [0.1, 0.15) is 17.5 Å². The number of anilines is 2. The highest BCUT2D eigenvalue weighted by Crippen LogP contribution is 2.09. The number of aromatic nitrogens is 4. The molecule has 102 valence electrons. The highest BCUT2D eigenvalue weighted by atomic mass is 16.5. The summed E-state index contributed by atoms with van der Waals surface area (Å²) in [5, 5.41) is 6.85. The highest BCUT2D eigenvalue weighted by Gasteiger charge is 2.04. The van der Waals surface area contributed by atoms with Gasteiger partial charge >= 0.3 is 0 Å². The van der Waals surface area contributed by atoms with Crippen LogP contribution in [0.2, 0.25) is 0 Å². The molecule has 0 bridgehead atoms. The number of hydrogen-bond acceptors (Lipinski definition) is 8. The average Bonchev–Trinajstić information content (AvgIpc) is 2.75. The van der Waals surface area contributed by atoms with Crippen molar-refractivity contribution in [1.29, 1.82) is 0 Å². The van der Waals surface area contributed by atoms with E-state index in [9.17, 15) is 0 Å². The van der Waals surface area contributed by atoms with Crippen LogP contribution in [0.15, 0.2) is 10.6 Å². The quantitative estimate of drug-likeness (QED) is 0.778. The van der Waals surface area contributed by atoms with Crippen molar-refractivity contribution in [3.8, 4) is 0 Å². The summed E-state index contributed by atoms with van der Waals surface area (Å²) >= 11 is 0. The zero-order valence-electron chi connectivity index (χ0n) is 10.9. The number of nitrogens with one attached hydrogen (secondary N) is 1. The molecule has 8 heteroatoms. The molecular formula is C11H16N6O2. The Hall–Kier alpha value is -2.22. The Morgan fingerprint density at radius 2 is 2.21 bits per heavy atom. The number of methoxy groups -OCH3 is 1. The lowest BCUT2D eigenvalue weighted by Gasteiger charge is -2.06. The SMILES string of the molecule is COCc1nc(N)cc(NCCc2nc(C)no2)n1. The fourth-order valence-corrected chi connectivity index (χ4v) is 1.54. The molecule has 0 fully saturated rings. The number of nitrogen functional groups attached to an aromatic ring is 1. The van der Waals surface area contributed by atoms with E-state index in [1.807, 2.05) is 0 Å². The van der Waals surface area contributed by atoms with Gasteiger partial charge in [-0.15, -0.1) is 0 Å². The lowest BCUT2D eigenvalue weighted by atomic mass is 10.4. The van der Waals surface area contributed by atoms with Crippen molar-refractivity contribution in [3.63, 3.8) is 0 Å².